The van der Waals surface area contributed by atoms with Gasteiger partial charge in [-0.25, -0.2) is 0 Å². The van der Waals surface area contributed by atoms with Crippen LogP contribution in [0, 0.1) is 5.92 Å². The topological polar surface area (TPSA) is 26.3 Å². The van der Waals surface area contributed by atoms with Crippen molar-refractivity contribution in [2.45, 2.75) is 32.3 Å². The Labute approximate surface area is 144 Å². The van der Waals surface area contributed by atoms with E-state index in [2.05, 4.69) is 24.3 Å². The first kappa shape index (κ1) is 16.7. The zero-order chi connectivity index (χ0) is 16.8. The molecule has 1 fully saturated rings. The van der Waals surface area contributed by atoms with Gasteiger partial charge in [-0.2, -0.15) is 0 Å². The van der Waals surface area contributed by atoms with Gasteiger partial charge >= 0.3 is 0 Å². The van der Waals surface area contributed by atoms with Crippen LogP contribution in [0.4, 0.5) is 0 Å². The van der Waals surface area contributed by atoms with Gasteiger partial charge in [-0.15, -0.1) is 0 Å². The number of ketones is 1. The maximum atomic E-state index is 12.9. The number of ether oxygens (including phenoxy) is 1. The zero-order valence-electron chi connectivity index (χ0n) is 14.2. The summed E-state index contributed by atoms with van der Waals surface area (Å²) in [6.07, 6.45) is 4.42. The molecule has 0 unspecified atom stereocenters. The molecule has 124 valence electrons. The molecule has 0 spiro atoms. The van der Waals surface area contributed by atoms with Crippen LogP contribution in [0.5, 0.6) is 0 Å². The van der Waals surface area contributed by atoms with Crippen LogP contribution >= 0.6 is 0 Å². The molecule has 0 bridgehead atoms. The summed E-state index contributed by atoms with van der Waals surface area (Å²) in [5.41, 5.74) is 3.25. The van der Waals surface area contributed by atoms with Gasteiger partial charge in [0, 0.05) is 6.61 Å². The van der Waals surface area contributed by atoms with Gasteiger partial charge in [-0.05, 0) is 54.9 Å². The van der Waals surface area contributed by atoms with Crippen molar-refractivity contribution < 1.29 is 9.53 Å². The quantitative estimate of drug-likeness (QED) is 0.747. The van der Waals surface area contributed by atoms with Crippen LogP contribution in [0.1, 0.15) is 30.9 Å². The van der Waals surface area contributed by atoms with E-state index in [0.717, 1.165) is 30.4 Å². The van der Waals surface area contributed by atoms with E-state index in [0.29, 0.717) is 6.61 Å². The molecule has 2 aromatic carbocycles. The average molecular weight is 320 g/mol. The largest absolute Gasteiger partial charge is 0.370 e. The highest BCUT2D eigenvalue weighted by atomic mass is 16.5. The summed E-state index contributed by atoms with van der Waals surface area (Å²) in [6, 6.07) is 20.4. The van der Waals surface area contributed by atoms with Crippen molar-refractivity contribution in [1.29, 1.82) is 0 Å². The van der Waals surface area contributed by atoms with Gasteiger partial charge < -0.3 is 4.74 Å². The van der Waals surface area contributed by atoms with E-state index in [-0.39, 0.29) is 17.8 Å². The van der Waals surface area contributed by atoms with Crippen LogP contribution in [0.3, 0.4) is 0 Å². The highest BCUT2D eigenvalue weighted by Gasteiger charge is 2.35. The molecule has 0 heterocycles. The number of rotatable bonds is 5. The van der Waals surface area contributed by atoms with Gasteiger partial charge in [-0.3, -0.25) is 4.79 Å². The van der Waals surface area contributed by atoms with Gasteiger partial charge in [0.05, 0.1) is 0 Å². The molecule has 0 saturated heterocycles. The second-order valence-corrected chi connectivity index (χ2v) is 6.31. The molecule has 2 heteroatoms. The average Bonchev–Trinajstić information content (AvgIpc) is 2.62. The normalized spacial score (nSPS) is 22.7. The van der Waals surface area contributed by atoms with Crippen LogP contribution < -0.4 is 0 Å². The van der Waals surface area contributed by atoms with E-state index in [1.165, 1.54) is 5.56 Å². The van der Waals surface area contributed by atoms with Gasteiger partial charge in [0.25, 0.3) is 0 Å². The monoisotopic (exact) mass is 320 g/mol. The smallest absolute Gasteiger partial charge is 0.187 e. The minimum absolute atomic E-state index is 0.160. The highest BCUT2D eigenvalue weighted by Crippen LogP contribution is 2.31. The zero-order valence-corrected chi connectivity index (χ0v) is 14.2. The highest BCUT2D eigenvalue weighted by molar-refractivity contribution is 6.03. The lowest BCUT2D eigenvalue weighted by Crippen LogP contribution is -2.38. The third kappa shape index (κ3) is 4.01. The van der Waals surface area contributed by atoms with Crippen molar-refractivity contribution in [2.24, 2.45) is 5.92 Å². The maximum absolute atomic E-state index is 12.9. The fourth-order valence-corrected chi connectivity index (χ4v) is 3.42. The predicted molar refractivity (Wildman–Crippen MR) is 97.7 cm³/mol. The number of hydrogen-bond donors (Lipinski definition) is 0. The first-order valence-corrected chi connectivity index (χ1v) is 8.73. The Kier molecular flexibility index (Phi) is 5.60. The van der Waals surface area contributed by atoms with Crippen molar-refractivity contribution in [3.63, 3.8) is 0 Å². The van der Waals surface area contributed by atoms with E-state index in [1.807, 2.05) is 49.4 Å². The fourth-order valence-electron chi connectivity index (χ4n) is 3.42. The molecule has 0 aromatic heterocycles. The standard InChI is InChI=1S/C22H24O2/c1-2-24-22-20(16-18-11-7-4-8-12-18)14-13-19(21(22)23)15-17-9-5-3-6-10-17/h3-12,15,20,22H,2,13-14,16H2,1H3/b19-15+/t20-,22-/m1/s1. The molecule has 3 rings (SSSR count). The molecule has 0 N–H and O–H groups in total. The summed E-state index contributed by atoms with van der Waals surface area (Å²) in [5, 5.41) is 0. The Morgan fingerprint density at radius 3 is 2.38 bits per heavy atom. The van der Waals surface area contributed by atoms with Gasteiger partial charge in [-0.1, -0.05) is 60.7 Å². The SMILES string of the molecule is CCO[C@H]1C(=O)/C(=C/c2ccccc2)CC[C@@H]1Cc1ccccc1. The first-order chi connectivity index (χ1) is 11.8. The number of carbonyl (C=O) groups excluding carboxylic acids is 1. The van der Waals surface area contributed by atoms with Crippen LogP contribution in [0.25, 0.3) is 6.08 Å². The lowest BCUT2D eigenvalue weighted by molar-refractivity contribution is -0.132. The molecule has 0 amide bonds. The summed E-state index contributed by atoms with van der Waals surface area (Å²) < 4.78 is 5.86. The summed E-state index contributed by atoms with van der Waals surface area (Å²) in [6.45, 7) is 2.53. The molecule has 1 aliphatic rings. The number of carbonyl (C=O) groups is 1. The predicted octanol–water partition coefficient (Wildman–Crippen LogP) is 4.70. The van der Waals surface area contributed by atoms with Crippen LogP contribution in [0.2, 0.25) is 0 Å². The van der Waals surface area contributed by atoms with E-state index >= 15 is 0 Å². The molecular weight excluding hydrogens is 296 g/mol. The second-order valence-electron chi connectivity index (χ2n) is 6.31. The van der Waals surface area contributed by atoms with Crippen molar-refractivity contribution in [2.75, 3.05) is 6.61 Å². The van der Waals surface area contributed by atoms with E-state index in [4.69, 9.17) is 4.74 Å². The van der Waals surface area contributed by atoms with Gasteiger partial charge in [0.15, 0.2) is 5.78 Å². The van der Waals surface area contributed by atoms with Crippen molar-refractivity contribution in [1.82, 2.24) is 0 Å². The number of Topliss-reactive ketones (excluding diaryl/α,β-unsaturated/α-hetero) is 1. The Morgan fingerprint density at radius 1 is 1.04 bits per heavy atom. The molecular formula is C22H24O2. The number of hydrogen-bond acceptors (Lipinski definition) is 2. The van der Waals surface area contributed by atoms with Crippen molar-refractivity contribution in [3.05, 3.63) is 77.4 Å². The molecule has 1 aliphatic carbocycles. The molecule has 0 radical (unpaired) electrons. The third-order valence-corrected chi connectivity index (χ3v) is 4.61. The molecule has 24 heavy (non-hydrogen) atoms. The minimum Gasteiger partial charge on any atom is -0.370 e. The molecule has 2 nitrogen and oxygen atoms in total. The van der Waals surface area contributed by atoms with Crippen molar-refractivity contribution >= 4 is 11.9 Å². The number of benzene rings is 2. The summed E-state index contributed by atoms with van der Waals surface area (Å²) in [5.74, 6) is 0.417. The molecule has 2 aromatic rings. The lowest BCUT2D eigenvalue weighted by atomic mass is 9.78. The molecule has 0 aliphatic heterocycles. The Hall–Kier alpha value is -2.19. The Morgan fingerprint density at radius 2 is 1.71 bits per heavy atom. The van der Waals surface area contributed by atoms with Crippen LogP contribution in [-0.4, -0.2) is 18.5 Å². The maximum Gasteiger partial charge on any atom is 0.187 e. The summed E-state index contributed by atoms with van der Waals surface area (Å²) >= 11 is 0. The minimum atomic E-state index is -0.320. The lowest BCUT2D eigenvalue weighted by Gasteiger charge is -2.31. The third-order valence-electron chi connectivity index (χ3n) is 4.61. The second kappa shape index (κ2) is 8.07. The Balaban J connectivity index is 1.78. The van der Waals surface area contributed by atoms with Crippen LogP contribution in [0.15, 0.2) is 66.2 Å². The Bertz CT molecular complexity index is 688. The van der Waals surface area contributed by atoms with E-state index in [1.54, 1.807) is 0 Å². The fraction of sp³-hybridized carbons (Fsp3) is 0.318. The molecule has 1 saturated carbocycles. The summed E-state index contributed by atoms with van der Waals surface area (Å²) in [7, 11) is 0. The first-order valence-electron chi connectivity index (χ1n) is 8.73. The van der Waals surface area contributed by atoms with E-state index in [9.17, 15) is 4.79 Å². The van der Waals surface area contributed by atoms with E-state index < -0.39 is 0 Å². The summed E-state index contributed by atoms with van der Waals surface area (Å²) in [4.78, 5) is 12.9. The molecule has 2 atom stereocenters. The van der Waals surface area contributed by atoms with Gasteiger partial charge in [0.2, 0.25) is 0 Å². The van der Waals surface area contributed by atoms with Crippen molar-refractivity contribution in [3.8, 4) is 0 Å². The van der Waals surface area contributed by atoms with Crippen LogP contribution in [-0.2, 0) is 16.0 Å². The van der Waals surface area contributed by atoms with Gasteiger partial charge in [0.1, 0.15) is 6.10 Å².